The smallest absolute Gasteiger partial charge is 0.148 e. The molecule has 1 aliphatic carbocycles. The van der Waals surface area contributed by atoms with E-state index in [-0.39, 0.29) is 0 Å². The topological polar surface area (TPSA) is 29.9 Å². The van der Waals surface area contributed by atoms with Gasteiger partial charge in [-0.1, -0.05) is 29.8 Å². The van der Waals surface area contributed by atoms with Gasteiger partial charge in [0, 0.05) is 19.2 Å². The Kier molecular flexibility index (Phi) is 2.39. The molecule has 1 N–H and O–H groups in total. The van der Waals surface area contributed by atoms with E-state index in [1.807, 2.05) is 11.7 Å². The minimum atomic E-state index is 0.649. The normalized spacial score (nSPS) is 14.9. The number of aryl methyl sites for hydroxylation is 2. The third-order valence-corrected chi connectivity index (χ3v) is 3.16. The molecular formula is C14H17N3. The highest BCUT2D eigenvalue weighted by Gasteiger charge is 2.22. The van der Waals surface area contributed by atoms with Crippen LogP contribution in [-0.4, -0.2) is 15.8 Å². The van der Waals surface area contributed by atoms with Crippen molar-refractivity contribution in [3.63, 3.8) is 0 Å². The van der Waals surface area contributed by atoms with Gasteiger partial charge in [0.05, 0.1) is 5.69 Å². The van der Waals surface area contributed by atoms with E-state index in [1.165, 1.54) is 24.0 Å². The molecule has 3 nitrogen and oxygen atoms in total. The first-order valence-corrected chi connectivity index (χ1v) is 6.10. The van der Waals surface area contributed by atoms with Crippen LogP contribution in [0, 0.1) is 6.92 Å². The molecular weight excluding hydrogens is 210 g/mol. The Morgan fingerprint density at radius 2 is 1.94 bits per heavy atom. The van der Waals surface area contributed by atoms with E-state index in [4.69, 9.17) is 0 Å². The van der Waals surface area contributed by atoms with Crippen molar-refractivity contribution < 1.29 is 0 Å². The Morgan fingerprint density at radius 1 is 1.24 bits per heavy atom. The summed E-state index contributed by atoms with van der Waals surface area (Å²) < 4.78 is 1.94. The number of hydrogen-bond donors (Lipinski definition) is 1. The van der Waals surface area contributed by atoms with E-state index < -0.39 is 0 Å². The molecule has 0 amide bonds. The van der Waals surface area contributed by atoms with Crippen molar-refractivity contribution in [1.82, 2.24) is 9.78 Å². The fraction of sp³-hybridized carbons (Fsp3) is 0.357. The van der Waals surface area contributed by atoms with Gasteiger partial charge in [0.25, 0.3) is 0 Å². The third-order valence-electron chi connectivity index (χ3n) is 3.16. The minimum Gasteiger partial charge on any atom is -0.366 e. The molecule has 88 valence electrons. The molecule has 3 rings (SSSR count). The van der Waals surface area contributed by atoms with Crippen LogP contribution in [0.1, 0.15) is 18.4 Å². The van der Waals surface area contributed by atoms with E-state index in [9.17, 15) is 0 Å². The van der Waals surface area contributed by atoms with Crippen molar-refractivity contribution in [2.75, 3.05) is 5.32 Å². The van der Waals surface area contributed by atoms with Gasteiger partial charge >= 0.3 is 0 Å². The van der Waals surface area contributed by atoms with E-state index in [1.54, 1.807) is 0 Å². The quantitative estimate of drug-likeness (QED) is 0.873. The zero-order valence-electron chi connectivity index (χ0n) is 10.3. The lowest BCUT2D eigenvalue weighted by atomic mass is 10.1. The number of anilines is 1. The van der Waals surface area contributed by atoms with Gasteiger partial charge < -0.3 is 5.32 Å². The van der Waals surface area contributed by atoms with Crippen LogP contribution in [0.3, 0.4) is 0 Å². The van der Waals surface area contributed by atoms with Gasteiger partial charge in [-0.05, 0) is 25.3 Å². The molecule has 0 unspecified atom stereocenters. The van der Waals surface area contributed by atoms with Gasteiger partial charge in [-0.25, -0.2) is 0 Å². The standard InChI is InChI=1S/C14H17N3/c1-10-3-5-11(6-4-10)13-9-14(16-17(13)2)15-12-7-8-12/h3-6,9,12H,7-8H2,1-2H3,(H,15,16). The van der Waals surface area contributed by atoms with Gasteiger partial charge in [-0.2, -0.15) is 5.10 Å². The number of hydrogen-bond acceptors (Lipinski definition) is 2. The summed E-state index contributed by atoms with van der Waals surface area (Å²) in [7, 11) is 1.99. The summed E-state index contributed by atoms with van der Waals surface area (Å²) in [5.74, 6) is 0.991. The van der Waals surface area contributed by atoms with E-state index in [0.717, 1.165) is 11.5 Å². The van der Waals surface area contributed by atoms with Gasteiger partial charge in [-0.3, -0.25) is 4.68 Å². The zero-order chi connectivity index (χ0) is 11.8. The molecule has 0 spiro atoms. The van der Waals surface area contributed by atoms with Crippen molar-refractivity contribution in [2.24, 2.45) is 7.05 Å². The predicted molar refractivity (Wildman–Crippen MR) is 70.0 cm³/mol. The van der Waals surface area contributed by atoms with E-state index >= 15 is 0 Å². The average molecular weight is 227 g/mol. The summed E-state index contributed by atoms with van der Waals surface area (Å²) in [5.41, 5.74) is 3.66. The monoisotopic (exact) mass is 227 g/mol. The molecule has 0 atom stereocenters. The Labute approximate surface area is 101 Å². The molecule has 1 aliphatic rings. The van der Waals surface area contributed by atoms with Gasteiger partial charge in [0.15, 0.2) is 0 Å². The molecule has 2 aromatic rings. The lowest BCUT2D eigenvalue weighted by molar-refractivity contribution is 0.776. The molecule has 1 aromatic carbocycles. The molecule has 0 radical (unpaired) electrons. The van der Waals surface area contributed by atoms with Gasteiger partial charge in [0.1, 0.15) is 5.82 Å². The molecule has 1 heterocycles. The SMILES string of the molecule is Cc1ccc(-c2cc(NC3CC3)nn2C)cc1. The lowest BCUT2D eigenvalue weighted by Gasteiger charge is -2.01. The van der Waals surface area contributed by atoms with Crippen LogP contribution in [0.15, 0.2) is 30.3 Å². The average Bonchev–Trinajstić information content (AvgIpc) is 3.03. The van der Waals surface area contributed by atoms with Crippen LogP contribution in [0.2, 0.25) is 0 Å². The van der Waals surface area contributed by atoms with Crippen LogP contribution in [-0.2, 0) is 7.05 Å². The zero-order valence-corrected chi connectivity index (χ0v) is 10.3. The largest absolute Gasteiger partial charge is 0.366 e. The van der Waals surface area contributed by atoms with Crippen LogP contribution in [0.5, 0.6) is 0 Å². The second-order valence-electron chi connectivity index (χ2n) is 4.82. The van der Waals surface area contributed by atoms with Gasteiger partial charge in [-0.15, -0.1) is 0 Å². The number of benzene rings is 1. The summed E-state index contributed by atoms with van der Waals surface area (Å²) in [6.45, 7) is 2.10. The van der Waals surface area contributed by atoms with Crippen LogP contribution in [0.4, 0.5) is 5.82 Å². The Morgan fingerprint density at radius 3 is 2.59 bits per heavy atom. The first-order valence-electron chi connectivity index (χ1n) is 6.10. The van der Waals surface area contributed by atoms with Crippen molar-refractivity contribution in [3.05, 3.63) is 35.9 Å². The molecule has 17 heavy (non-hydrogen) atoms. The Hall–Kier alpha value is -1.77. The molecule has 0 aliphatic heterocycles. The second kappa shape index (κ2) is 3.91. The summed E-state index contributed by atoms with van der Waals surface area (Å²) >= 11 is 0. The van der Waals surface area contributed by atoms with Crippen LogP contribution < -0.4 is 5.32 Å². The molecule has 1 saturated carbocycles. The second-order valence-corrected chi connectivity index (χ2v) is 4.82. The maximum atomic E-state index is 4.50. The first kappa shape index (κ1) is 10.4. The third kappa shape index (κ3) is 2.18. The van der Waals surface area contributed by atoms with Crippen molar-refractivity contribution in [2.45, 2.75) is 25.8 Å². The number of aromatic nitrogens is 2. The highest BCUT2D eigenvalue weighted by molar-refractivity contribution is 5.64. The van der Waals surface area contributed by atoms with Crippen LogP contribution in [0.25, 0.3) is 11.3 Å². The van der Waals surface area contributed by atoms with E-state index in [2.05, 4.69) is 47.7 Å². The predicted octanol–water partition coefficient (Wildman–Crippen LogP) is 2.97. The lowest BCUT2D eigenvalue weighted by Crippen LogP contribution is -2.01. The highest BCUT2D eigenvalue weighted by atomic mass is 15.3. The Balaban J connectivity index is 1.90. The van der Waals surface area contributed by atoms with Gasteiger partial charge in [0.2, 0.25) is 0 Å². The maximum Gasteiger partial charge on any atom is 0.148 e. The van der Waals surface area contributed by atoms with Crippen molar-refractivity contribution in [3.8, 4) is 11.3 Å². The number of nitrogens with zero attached hydrogens (tertiary/aromatic N) is 2. The summed E-state index contributed by atoms with van der Waals surface area (Å²) in [6, 6.07) is 11.3. The summed E-state index contributed by atoms with van der Waals surface area (Å²) in [4.78, 5) is 0. The van der Waals surface area contributed by atoms with Crippen LogP contribution >= 0.6 is 0 Å². The molecule has 0 saturated heterocycles. The highest BCUT2D eigenvalue weighted by Crippen LogP contribution is 2.27. The summed E-state index contributed by atoms with van der Waals surface area (Å²) in [6.07, 6.45) is 2.55. The molecule has 3 heteroatoms. The molecule has 0 bridgehead atoms. The molecule has 1 aromatic heterocycles. The minimum absolute atomic E-state index is 0.649. The number of rotatable bonds is 3. The fourth-order valence-corrected chi connectivity index (χ4v) is 1.97. The Bertz CT molecular complexity index is 521. The van der Waals surface area contributed by atoms with Crippen molar-refractivity contribution in [1.29, 1.82) is 0 Å². The van der Waals surface area contributed by atoms with Crippen molar-refractivity contribution >= 4 is 5.82 Å². The van der Waals surface area contributed by atoms with E-state index in [0.29, 0.717) is 6.04 Å². The summed E-state index contributed by atoms with van der Waals surface area (Å²) in [5, 5.41) is 7.92. The maximum absolute atomic E-state index is 4.50. The fourth-order valence-electron chi connectivity index (χ4n) is 1.97. The molecule has 1 fully saturated rings. The first-order chi connectivity index (χ1) is 8.22. The number of nitrogens with one attached hydrogen (secondary N) is 1.